The molecule has 2 aromatic rings. The molecule has 7 heteroatoms. The molecule has 0 aliphatic rings. The molecule has 0 amide bonds. The number of hydrogen-bond acceptors (Lipinski definition) is 2. The fourth-order valence-corrected chi connectivity index (χ4v) is 1.99. The number of rotatable bonds is 3. The van der Waals surface area contributed by atoms with Crippen LogP contribution >= 0.6 is 15.9 Å². The summed E-state index contributed by atoms with van der Waals surface area (Å²) in [5.41, 5.74) is -0.316. The molecule has 0 saturated heterocycles. The number of halogens is 5. The Bertz CT molecular complexity index is 658. The highest BCUT2D eigenvalue weighted by Crippen LogP contribution is 2.31. The second-order valence-electron chi connectivity index (χ2n) is 4.37. The predicted octanol–water partition coefficient (Wildman–Crippen LogP) is 4.89. The zero-order chi connectivity index (χ0) is 15.6. The van der Waals surface area contributed by atoms with Gasteiger partial charge >= 0.3 is 6.18 Å². The maximum Gasteiger partial charge on any atom is 0.417 e. The zero-order valence-electron chi connectivity index (χ0n) is 10.8. The van der Waals surface area contributed by atoms with Crippen LogP contribution in [0.1, 0.15) is 16.7 Å². The highest BCUT2D eigenvalue weighted by atomic mass is 79.9. The van der Waals surface area contributed by atoms with Gasteiger partial charge in [-0.3, -0.25) is 0 Å². The summed E-state index contributed by atoms with van der Waals surface area (Å²) in [4.78, 5) is 3.63. The molecule has 2 rings (SSSR count). The standard InChI is InChI=1S/C14H10BrF4NO/c1-8-4-10(14(17,18)19)6-20-13(8)21-7-9-2-3-11(15)5-12(9)16/h2-6H,7H2,1H3. The molecular formula is C14H10BrF4NO. The van der Waals surface area contributed by atoms with Gasteiger partial charge in [0, 0.05) is 21.8 Å². The first-order valence-electron chi connectivity index (χ1n) is 5.88. The van der Waals surface area contributed by atoms with Gasteiger partial charge in [-0.25, -0.2) is 9.37 Å². The van der Waals surface area contributed by atoms with E-state index in [1.54, 1.807) is 6.07 Å². The van der Waals surface area contributed by atoms with E-state index in [0.717, 1.165) is 6.07 Å². The summed E-state index contributed by atoms with van der Waals surface area (Å²) in [7, 11) is 0. The van der Waals surface area contributed by atoms with E-state index in [1.165, 1.54) is 19.1 Å². The van der Waals surface area contributed by atoms with Crippen LogP contribution in [0.5, 0.6) is 5.88 Å². The van der Waals surface area contributed by atoms with Gasteiger partial charge < -0.3 is 4.74 Å². The SMILES string of the molecule is Cc1cc(C(F)(F)F)cnc1OCc1ccc(Br)cc1F. The summed E-state index contributed by atoms with van der Waals surface area (Å²) in [5.74, 6) is -0.417. The third kappa shape index (κ3) is 3.93. The third-order valence-electron chi connectivity index (χ3n) is 2.74. The van der Waals surface area contributed by atoms with Crippen LogP contribution in [-0.2, 0) is 12.8 Å². The van der Waals surface area contributed by atoms with Gasteiger partial charge in [-0.2, -0.15) is 13.2 Å². The normalized spacial score (nSPS) is 11.5. The average Bonchev–Trinajstić information content (AvgIpc) is 2.38. The zero-order valence-corrected chi connectivity index (χ0v) is 12.4. The van der Waals surface area contributed by atoms with E-state index < -0.39 is 17.6 Å². The quantitative estimate of drug-likeness (QED) is 0.724. The molecule has 0 radical (unpaired) electrons. The Balaban J connectivity index is 2.13. The first kappa shape index (κ1) is 15.8. The minimum atomic E-state index is -4.45. The molecule has 0 bridgehead atoms. The molecule has 1 aromatic carbocycles. The van der Waals surface area contributed by atoms with Gasteiger partial charge in [0.2, 0.25) is 5.88 Å². The number of aryl methyl sites for hydroxylation is 1. The fourth-order valence-electron chi connectivity index (χ4n) is 1.65. The molecule has 0 aliphatic heterocycles. The Morgan fingerprint density at radius 1 is 1.24 bits per heavy atom. The average molecular weight is 364 g/mol. The van der Waals surface area contributed by atoms with E-state index in [4.69, 9.17) is 4.74 Å². The summed E-state index contributed by atoms with van der Waals surface area (Å²) in [6.45, 7) is 1.34. The van der Waals surface area contributed by atoms with Gasteiger partial charge in [0.15, 0.2) is 0 Å². The second kappa shape index (κ2) is 6.01. The lowest BCUT2D eigenvalue weighted by Crippen LogP contribution is -2.07. The minimum absolute atomic E-state index is 0.0466. The Kier molecular flexibility index (Phi) is 4.51. The first-order chi connectivity index (χ1) is 9.77. The van der Waals surface area contributed by atoms with Crippen molar-refractivity contribution in [2.24, 2.45) is 0 Å². The lowest BCUT2D eigenvalue weighted by atomic mass is 10.2. The van der Waals surface area contributed by atoms with Gasteiger partial charge in [-0.1, -0.05) is 22.0 Å². The van der Waals surface area contributed by atoms with E-state index in [0.29, 0.717) is 16.2 Å². The molecule has 0 unspecified atom stereocenters. The molecule has 0 spiro atoms. The van der Waals surface area contributed by atoms with Crippen molar-refractivity contribution in [1.29, 1.82) is 0 Å². The van der Waals surface area contributed by atoms with Gasteiger partial charge in [0.25, 0.3) is 0 Å². The van der Waals surface area contributed by atoms with Crippen LogP contribution in [0.3, 0.4) is 0 Å². The van der Waals surface area contributed by atoms with Crippen molar-refractivity contribution in [3.8, 4) is 5.88 Å². The lowest BCUT2D eigenvalue weighted by Gasteiger charge is -2.11. The van der Waals surface area contributed by atoms with Crippen LogP contribution < -0.4 is 4.74 Å². The van der Waals surface area contributed by atoms with Gasteiger partial charge in [0.1, 0.15) is 12.4 Å². The van der Waals surface area contributed by atoms with Crippen LogP contribution in [0.25, 0.3) is 0 Å². The number of hydrogen-bond donors (Lipinski definition) is 0. The van der Waals surface area contributed by atoms with Gasteiger partial charge in [0.05, 0.1) is 5.56 Å². The summed E-state index contributed by atoms with van der Waals surface area (Å²) in [6.07, 6.45) is -3.76. The number of benzene rings is 1. The second-order valence-corrected chi connectivity index (χ2v) is 5.28. The smallest absolute Gasteiger partial charge is 0.417 e. The van der Waals surface area contributed by atoms with E-state index in [-0.39, 0.29) is 18.1 Å². The molecule has 0 saturated carbocycles. The molecular weight excluding hydrogens is 354 g/mol. The lowest BCUT2D eigenvalue weighted by molar-refractivity contribution is -0.137. The highest BCUT2D eigenvalue weighted by Gasteiger charge is 2.31. The third-order valence-corrected chi connectivity index (χ3v) is 3.23. The first-order valence-corrected chi connectivity index (χ1v) is 6.67. The van der Waals surface area contributed by atoms with Crippen molar-refractivity contribution in [2.45, 2.75) is 19.7 Å². The molecule has 0 aliphatic carbocycles. The van der Waals surface area contributed by atoms with Crippen molar-refractivity contribution in [1.82, 2.24) is 4.98 Å². The summed E-state index contributed by atoms with van der Waals surface area (Å²) >= 11 is 3.13. The van der Waals surface area contributed by atoms with E-state index >= 15 is 0 Å². The van der Waals surface area contributed by atoms with Crippen LogP contribution in [0.2, 0.25) is 0 Å². The van der Waals surface area contributed by atoms with Gasteiger partial charge in [-0.05, 0) is 25.1 Å². The number of ether oxygens (including phenoxy) is 1. The van der Waals surface area contributed by atoms with Crippen LogP contribution in [0.15, 0.2) is 34.9 Å². The Hall–Kier alpha value is -1.63. The molecule has 1 heterocycles. The monoisotopic (exact) mass is 363 g/mol. The van der Waals surface area contributed by atoms with Crippen LogP contribution in [0.4, 0.5) is 17.6 Å². The molecule has 1 aromatic heterocycles. The minimum Gasteiger partial charge on any atom is -0.472 e. The summed E-state index contributed by atoms with van der Waals surface area (Å²) < 4.78 is 57.0. The number of aromatic nitrogens is 1. The molecule has 0 fully saturated rings. The van der Waals surface area contributed by atoms with Crippen molar-refractivity contribution in [3.63, 3.8) is 0 Å². The number of nitrogens with zero attached hydrogens (tertiary/aromatic N) is 1. The topological polar surface area (TPSA) is 22.1 Å². The van der Waals surface area contributed by atoms with E-state index in [1.807, 2.05) is 0 Å². The Morgan fingerprint density at radius 3 is 2.52 bits per heavy atom. The molecule has 2 nitrogen and oxygen atoms in total. The Labute approximate surface area is 126 Å². The number of pyridine rings is 1. The van der Waals surface area contributed by atoms with E-state index in [2.05, 4.69) is 20.9 Å². The van der Waals surface area contributed by atoms with Crippen molar-refractivity contribution >= 4 is 15.9 Å². The van der Waals surface area contributed by atoms with Gasteiger partial charge in [-0.15, -0.1) is 0 Å². The summed E-state index contributed by atoms with van der Waals surface area (Å²) in [5, 5.41) is 0. The maximum atomic E-state index is 13.6. The van der Waals surface area contributed by atoms with Crippen molar-refractivity contribution in [3.05, 3.63) is 57.4 Å². The fraction of sp³-hybridized carbons (Fsp3) is 0.214. The maximum absolute atomic E-state index is 13.6. The molecule has 21 heavy (non-hydrogen) atoms. The highest BCUT2D eigenvalue weighted by molar-refractivity contribution is 9.10. The Morgan fingerprint density at radius 2 is 1.95 bits per heavy atom. The summed E-state index contributed by atoms with van der Waals surface area (Å²) in [6, 6.07) is 5.40. The van der Waals surface area contributed by atoms with Crippen LogP contribution in [0, 0.1) is 12.7 Å². The largest absolute Gasteiger partial charge is 0.472 e. The van der Waals surface area contributed by atoms with Crippen LogP contribution in [-0.4, -0.2) is 4.98 Å². The number of alkyl halides is 3. The van der Waals surface area contributed by atoms with Crippen molar-refractivity contribution < 1.29 is 22.3 Å². The van der Waals surface area contributed by atoms with E-state index in [9.17, 15) is 17.6 Å². The predicted molar refractivity (Wildman–Crippen MR) is 72.4 cm³/mol. The van der Waals surface area contributed by atoms with Crippen molar-refractivity contribution in [2.75, 3.05) is 0 Å². The molecule has 0 N–H and O–H groups in total. The molecule has 0 atom stereocenters. The molecule has 112 valence electrons.